The van der Waals surface area contributed by atoms with Gasteiger partial charge in [0.15, 0.2) is 11.4 Å². The minimum Gasteiger partial charge on any atom is -0.312 e. The van der Waals surface area contributed by atoms with Crippen molar-refractivity contribution in [2.75, 3.05) is 0 Å². The summed E-state index contributed by atoms with van der Waals surface area (Å²) < 4.78 is 2.16. The maximum absolute atomic E-state index is 8.21. The second-order valence-electron chi connectivity index (χ2n) is 12.2. The lowest BCUT2D eigenvalue weighted by Crippen LogP contribution is -1.94. The van der Waals surface area contributed by atoms with Crippen molar-refractivity contribution >= 4 is 54.7 Å². The molecule has 226 valence electrons. The van der Waals surface area contributed by atoms with E-state index in [-0.39, 0.29) is 0 Å². The summed E-state index contributed by atoms with van der Waals surface area (Å²) in [6.45, 7) is 16.4. The molecule has 0 bridgehead atoms. The summed E-state index contributed by atoms with van der Waals surface area (Å²) in [5.74, 6) is 0. The third-order valence-electron chi connectivity index (χ3n) is 9.62. The van der Waals surface area contributed by atoms with Crippen molar-refractivity contribution < 1.29 is 0 Å². The molecule has 9 aromatic rings. The molecule has 1 heterocycles. The Kier molecular flexibility index (Phi) is 6.58. The Morgan fingerprint density at radius 1 is 0.347 bits per heavy atom. The molecule has 8 aromatic carbocycles. The molecule has 0 unspecified atom stereocenters. The Morgan fingerprint density at radius 2 is 0.694 bits per heavy atom. The number of rotatable bonds is 4. The highest BCUT2D eigenvalue weighted by atomic mass is 15.0. The molecule has 0 atom stereocenters. The van der Waals surface area contributed by atoms with Crippen LogP contribution >= 0.6 is 0 Å². The third-order valence-corrected chi connectivity index (χ3v) is 9.62. The maximum atomic E-state index is 8.21. The van der Waals surface area contributed by atoms with Gasteiger partial charge in [0.25, 0.3) is 0 Å². The number of para-hydroxylation sites is 2. The Hall–Kier alpha value is -6.94. The van der Waals surface area contributed by atoms with Crippen molar-refractivity contribution in [3.63, 3.8) is 0 Å². The van der Waals surface area contributed by atoms with E-state index >= 15 is 0 Å². The zero-order chi connectivity index (χ0) is 32.9. The van der Waals surface area contributed by atoms with Gasteiger partial charge in [-0.25, -0.2) is 9.69 Å². The first-order valence-corrected chi connectivity index (χ1v) is 16.3. The minimum absolute atomic E-state index is 0.459. The summed E-state index contributed by atoms with van der Waals surface area (Å²) >= 11 is 0. The van der Waals surface area contributed by atoms with E-state index in [1.807, 2.05) is 36.4 Å². The average Bonchev–Trinajstić information content (AvgIpc) is 3.51. The standard InChI is InChI=1S/C46H27N3/c1-47-40-28-33(49-42-22-12-10-16-34(42)35-17-11-13-23-43(35)49)29-41(48-2)46(40)32-26-24-31(25-27-32)45-38-20-8-6-18-36(38)44(30-14-4-3-5-15-30)37-19-7-9-21-39(37)45/h3-29H. The van der Waals surface area contributed by atoms with Crippen molar-refractivity contribution in [2.24, 2.45) is 0 Å². The molecule has 0 N–H and O–H groups in total. The summed E-state index contributed by atoms with van der Waals surface area (Å²) in [6.07, 6.45) is 0. The fraction of sp³-hybridized carbons (Fsp3) is 0. The topological polar surface area (TPSA) is 13.6 Å². The molecule has 0 aliphatic carbocycles. The molecule has 0 aliphatic rings. The van der Waals surface area contributed by atoms with E-state index in [2.05, 4.69) is 142 Å². The van der Waals surface area contributed by atoms with Crippen LogP contribution in [0.25, 0.3) is 92.1 Å². The highest BCUT2D eigenvalue weighted by molar-refractivity contribution is 6.21. The predicted octanol–water partition coefficient (Wildman–Crippen LogP) is 13.2. The van der Waals surface area contributed by atoms with E-state index in [1.165, 1.54) is 38.2 Å². The zero-order valence-corrected chi connectivity index (χ0v) is 26.4. The van der Waals surface area contributed by atoms with Gasteiger partial charge in [-0.05, 0) is 79.2 Å². The second-order valence-corrected chi connectivity index (χ2v) is 12.2. The van der Waals surface area contributed by atoms with Gasteiger partial charge < -0.3 is 4.57 Å². The SMILES string of the molecule is [C-]#[N+]c1cc(-n2c3ccccc3c3ccccc32)cc([N+]#[C-])c1-c1ccc(-c2c3ccccc3c(-c3ccccc3)c3ccccc23)cc1. The van der Waals surface area contributed by atoms with Crippen molar-refractivity contribution in [3.8, 4) is 39.1 Å². The Bertz CT molecular complexity index is 2680. The summed E-state index contributed by atoms with van der Waals surface area (Å²) in [5.41, 5.74) is 10.0. The fourth-order valence-electron chi connectivity index (χ4n) is 7.56. The highest BCUT2D eigenvalue weighted by Gasteiger charge is 2.19. The van der Waals surface area contributed by atoms with Crippen molar-refractivity contribution in [1.82, 2.24) is 4.57 Å². The third kappa shape index (κ3) is 4.42. The van der Waals surface area contributed by atoms with Crippen molar-refractivity contribution in [2.45, 2.75) is 0 Å². The van der Waals surface area contributed by atoms with Crippen LogP contribution in [0.4, 0.5) is 11.4 Å². The molecule has 9 rings (SSSR count). The lowest BCUT2D eigenvalue weighted by atomic mass is 9.85. The van der Waals surface area contributed by atoms with Gasteiger partial charge in [-0.15, -0.1) is 0 Å². The molecule has 0 aliphatic heterocycles. The molecule has 0 saturated carbocycles. The van der Waals surface area contributed by atoms with E-state index in [4.69, 9.17) is 13.1 Å². The number of aromatic nitrogens is 1. The van der Waals surface area contributed by atoms with E-state index in [0.717, 1.165) is 38.6 Å². The Morgan fingerprint density at radius 3 is 1.12 bits per heavy atom. The number of benzene rings is 8. The maximum Gasteiger partial charge on any atom is 0.186 e. The molecule has 3 heteroatoms. The van der Waals surface area contributed by atoms with E-state index in [0.29, 0.717) is 16.9 Å². The van der Waals surface area contributed by atoms with Gasteiger partial charge in [-0.3, -0.25) is 0 Å². The monoisotopic (exact) mass is 621 g/mol. The summed E-state index contributed by atoms with van der Waals surface area (Å²) in [4.78, 5) is 7.96. The second kappa shape index (κ2) is 11.4. The molecular formula is C46H27N3. The minimum atomic E-state index is 0.459. The summed E-state index contributed by atoms with van der Waals surface area (Å²) in [5, 5.41) is 7.07. The van der Waals surface area contributed by atoms with Gasteiger partial charge in [-0.1, -0.05) is 140 Å². The number of hydrogen-bond donors (Lipinski definition) is 0. The number of hydrogen-bond acceptors (Lipinski definition) is 0. The smallest absolute Gasteiger partial charge is 0.186 e. The van der Waals surface area contributed by atoms with Gasteiger partial charge >= 0.3 is 0 Å². The van der Waals surface area contributed by atoms with E-state index in [1.54, 1.807) is 0 Å². The number of fused-ring (bicyclic) bond motifs is 5. The Balaban J connectivity index is 1.22. The molecule has 0 saturated heterocycles. The van der Waals surface area contributed by atoms with Crippen LogP contribution in [-0.4, -0.2) is 4.57 Å². The Labute approximate surface area is 284 Å². The van der Waals surface area contributed by atoms with Gasteiger partial charge in [0.05, 0.1) is 24.2 Å². The summed E-state index contributed by atoms with van der Waals surface area (Å²) in [7, 11) is 0. The van der Waals surface area contributed by atoms with Gasteiger partial charge in [0.2, 0.25) is 0 Å². The van der Waals surface area contributed by atoms with Gasteiger partial charge in [0.1, 0.15) is 0 Å². The molecule has 49 heavy (non-hydrogen) atoms. The molecule has 3 nitrogen and oxygen atoms in total. The van der Waals surface area contributed by atoms with E-state index < -0.39 is 0 Å². The van der Waals surface area contributed by atoms with Crippen LogP contribution in [0.1, 0.15) is 0 Å². The molecule has 0 spiro atoms. The van der Waals surface area contributed by atoms with E-state index in [9.17, 15) is 0 Å². The van der Waals surface area contributed by atoms with Crippen LogP contribution in [0.3, 0.4) is 0 Å². The van der Waals surface area contributed by atoms with Crippen LogP contribution in [0.15, 0.2) is 164 Å². The molecule has 0 amide bonds. The molecule has 0 radical (unpaired) electrons. The normalized spacial score (nSPS) is 11.2. The molecular weight excluding hydrogens is 595 g/mol. The van der Waals surface area contributed by atoms with Crippen LogP contribution in [0.5, 0.6) is 0 Å². The molecule has 1 aromatic heterocycles. The highest BCUT2D eigenvalue weighted by Crippen LogP contribution is 2.46. The first kappa shape index (κ1) is 28.3. The molecule has 0 fully saturated rings. The predicted molar refractivity (Wildman–Crippen MR) is 205 cm³/mol. The quantitative estimate of drug-likeness (QED) is 0.137. The lowest BCUT2D eigenvalue weighted by molar-refractivity contribution is 1.18. The number of nitrogens with zero attached hydrogens (tertiary/aromatic N) is 3. The average molecular weight is 622 g/mol. The van der Waals surface area contributed by atoms with Crippen LogP contribution < -0.4 is 0 Å². The van der Waals surface area contributed by atoms with Crippen LogP contribution in [0.2, 0.25) is 0 Å². The fourth-order valence-corrected chi connectivity index (χ4v) is 7.56. The summed E-state index contributed by atoms with van der Waals surface area (Å²) in [6, 6.07) is 56.7. The van der Waals surface area contributed by atoms with Gasteiger partial charge in [0, 0.05) is 16.5 Å². The van der Waals surface area contributed by atoms with Crippen molar-refractivity contribution in [1.29, 1.82) is 0 Å². The van der Waals surface area contributed by atoms with Crippen LogP contribution in [-0.2, 0) is 0 Å². The van der Waals surface area contributed by atoms with Crippen LogP contribution in [0, 0.1) is 13.1 Å². The first-order chi connectivity index (χ1) is 24.2. The van der Waals surface area contributed by atoms with Gasteiger partial charge in [-0.2, -0.15) is 0 Å². The zero-order valence-electron chi connectivity index (χ0n) is 26.4. The largest absolute Gasteiger partial charge is 0.312 e. The lowest BCUT2D eigenvalue weighted by Gasteiger charge is -2.18. The first-order valence-electron chi connectivity index (χ1n) is 16.3. The van der Waals surface area contributed by atoms with Crippen molar-refractivity contribution in [3.05, 3.63) is 187 Å².